The lowest BCUT2D eigenvalue weighted by atomic mass is 9.91. The van der Waals surface area contributed by atoms with Gasteiger partial charge in [0.1, 0.15) is 5.69 Å². The summed E-state index contributed by atoms with van der Waals surface area (Å²) >= 11 is 0. The number of pyridine rings is 1. The lowest BCUT2D eigenvalue weighted by molar-refractivity contribution is -0.140. The van der Waals surface area contributed by atoms with Crippen LogP contribution in [0.5, 0.6) is 0 Å². The molecule has 0 amide bonds. The molecule has 0 unspecified atom stereocenters. The molecule has 1 aromatic carbocycles. The first-order chi connectivity index (χ1) is 12.7. The Kier molecular flexibility index (Phi) is 5.31. The van der Waals surface area contributed by atoms with Gasteiger partial charge in [-0.2, -0.15) is 13.2 Å². The van der Waals surface area contributed by atoms with E-state index in [1.165, 1.54) is 12.1 Å². The van der Waals surface area contributed by atoms with Gasteiger partial charge in [0.05, 0.1) is 17.7 Å². The summed E-state index contributed by atoms with van der Waals surface area (Å²) in [5.74, 6) is 0.254. The number of carbonyl (C=O) groups is 1. The first-order valence-corrected chi connectivity index (χ1v) is 9.13. The molecule has 1 aliphatic rings. The summed E-state index contributed by atoms with van der Waals surface area (Å²) < 4.78 is 45.1. The van der Waals surface area contributed by atoms with Crippen LogP contribution in [0.25, 0.3) is 10.9 Å². The smallest absolute Gasteiger partial charge is 0.433 e. The average molecular weight is 380 g/mol. The number of hydrogen-bond donors (Lipinski definition) is 0. The van der Waals surface area contributed by atoms with Gasteiger partial charge in [0.15, 0.2) is 0 Å². The maximum absolute atomic E-state index is 13.4. The van der Waals surface area contributed by atoms with E-state index < -0.39 is 17.8 Å². The molecule has 1 saturated heterocycles. The number of nitrogens with zero attached hydrogens (tertiary/aromatic N) is 2. The summed E-state index contributed by atoms with van der Waals surface area (Å²) in [7, 11) is 0. The average Bonchev–Trinajstić information content (AvgIpc) is 2.58. The largest absolute Gasteiger partial charge is 0.462 e. The molecule has 0 radical (unpaired) electrons. The fraction of sp³-hybridized carbons (Fsp3) is 0.500. The van der Waals surface area contributed by atoms with Gasteiger partial charge >= 0.3 is 12.1 Å². The van der Waals surface area contributed by atoms with Gasteiger partial charge in [-0.25, -0.2) is 9.78 Å². The molecule has 3 rings (SSSR count). The predicted octanol–water partition coefficient (Wildman–Crippen LogP) is 4.91. The highest BCUT2D eigenvalue weighted by molar-refractivity contribution is 5.99. The van der Waals surface area contributed by atoms with Crippen molar-refractivity contribution in [2.75, 3.05) is 24.6 Å². The molecule has 0 spiro atoms. The SMILES string of the molecule is CCOC(=O)c1ccc2nc(C(F)(F)F)cc(N3C[C@H](C)C[C@H](C)C3)c2c1. The number of alkyl halides is 3. The fourth-order valence-corrected chi connectivity index (χ4v) is 3.82. The van der Waals surface area contributed by atoms with Crippen LogP contribution in [0, 0.1) is 11.8 Å². The molecule has 2 aromatic rings. The van der Waals surface area contributed by atoms with Crippen molar-refractivity contribution < 1.29 is 22.7 Å². The molecule has 1 aromatic heterocycles. The zero-order valence-corrected chi connectivity index (χ0v) is 15.6. The molecule has 2 atom stereocenters. The van der Waals surface area contributed by atoms with Gasteiger partial charge in [0.25, 0.3) is 0 Å². The van der Waals surface area contributed by atoms with E-state index in [0.29, 0.717) is 41.6 Å². The van der Waals surface area contributed by atoms with Gasteiger partial charge in [-0.15, -0.1) is 0 Å². The molecule has 27 heavy (non-hydrogen) atoms. The maximum atomic E-state index is 13.4. The normalized spacial score (nSPS) is 20.7. The minimum atomic E-state index is -4.53. The van der Waals surface area contributed by atoms with Crippen LogP contribution < -0.4 is 4.90 Å². The highest BCUT2D eigenvalue weighted by atomic mass is 19.4. The van der Waals surface area contributed by atoms with Gasteiger partial charge in [-0.3, -0.25) is 0 Å². The predicted molar refractivity (Wildman–Crippen MR) is 97.9 cm³/mol. The minimum Gasteiger partial charge on any atom is -0.462 e. The van der Waals surface area contributed by atoms with E-state index >= 15 is 0 Å². The van der Waals surface area contributed by atoms with Crippen LogP contribution >= 0.6 is 0 Å². The molecule has 4 nitrogen and oxygen atoms in total. The van der Waals surface area contributed by atoms with Crippen LogP contribution in [-0.4, -0.2) is 30.6 Å². The van der Waals surface area contributed by atoms with Crippen molar-refractivity contribution in [2.45, 2.75) is 33.4 Å². The number of halogens is 3. The van der Waals surface area contributed by atoms with Gasteiger partial charge < -0.3 is 9.64 Å². The maximum Gasteiger partial charge on any atom is 0.433 e. The van der Waals surface area contributed by atoms with Crippen LogP contribution in [0.2, 0.25) is 0 Å². The van der Waals surface area contributed by atoms with Crippen molar-refractivity contribution in [1.82, 2.24) is 4.98 Å². The summed E-state index contributed by atoms with van der Waals surface area (Å²) in [4.78, 5) is 17.8. The Balaban J connectivity index is 2.16. The molecule has 0 bridgehead atoms. The number of rotatable bonds is 3. The van der Waals surface area contributed by atoms with E-state index in [-0.39, 0.29) is 12.1 Å². The number of fused-ring (bicyclic) bond motifs is 1. The monoisotopic (exact) mass is 380 g/mol. The summed E-state index contributed by atoms with van der Waals surface area (Å²) in [6, 6.07) is 5.59. The van der Waals surface area contributed by atoms with E-state index in [4.69, 9.17) is 4.74 Å². The molecular weight excluding hydrogens is 357 g/mol. The number of ether oxygens (including phenoxy) is 1. The van der Waals surface area contributed by atoms with Gasteiger partial charge in [-0.1, -0.05) is 13.8 Å². The Bertz CT molecular complexity index is 841. The van der Waals surface area contributed by atoms with Crippen LogP contribution in [0.4, 0.5) is 18.9 Å². The van der Waals surface area contributed by atoms with Gasteiger partial charge in [0.2, 0.25) is 0 Å². The number of carbonyl (C=O) groups excluding carboxylic acids is 1. The molecule has 0 aliphatic carbocycles. The summed E-state index contributed by atoms with van der Waals surface area (Å²) in [5.41, 5.74) is 0.0839. The number of aromatic nitrogens is 1. The lowest BCUT2D eigenvalue weighted by Crippen LogP contribution is -2.39. The van der Waals surface area contributed by atoms with Crippen molar-refractivity contribution in [3.8, 4) is 0 Å². The second-order valence-corrected chi connectivity index (χ2v) is 7.33. The summed E-state index contributed by atoms with van der Waals surface area (Å²) in [5, 5.41) is 0.537. The Labute approximate surface area is 156 Å². The van der Waals surface area contributed by atoms with Crippen LogP contribution in [0.3, 0.4) is 0 Å². The van der Waals surface area contributed by atoms with Crippen molar-refractivity contribution in [1.29, 1.82) is 0 Å². The second kappa shape index (κ2) is 7.37. The number of anilines is 1. The highest BCUT2D eigenvalue weighted by Crippen LogP contribution is 2.37. The highest BCUT2D eigenvalue weighted by Gasteiger charge is 2.34. The molecule has 1 fully saturated rings. The Morgan fingerprint density at radius 3 is 2.48 bits per heavy atom. The zero-order valence-electron chi connectivity index (χ0n) is 15.6. The summed E-state index contributed by atoms with van der Waals surface area (Å²) in [6.07, 6.45) is -3.49. The first-order valence-electron chi connectivity index (χ1n) is 9.13. The quantitative estimate of drug-likeness (QED) is 0.710. The minimum absolute atomic E-state index is 0.221. The zero-order chi connectivity index (χ0) is 19.8. The molecule has 2 heterocycles. The molecule has 146 valence electrons. The topological polar surface area (TPSA) is 42.4 Å². The van der Waals surface area contributed by atoms with E-state index in [1.807, 2.05) is 4.90 Å². The van der Waals surface area contributed by atoms with Crippen molar-refractivity contribution in [2.24, 2.45) is 11.8 Å². The van der Waals surface area contributed by atoms with Gasteiger partial charge in [-0.05, 0) is 49.4 Å². The lowest BCUT2D eigenvalue weighted by Gasteiger charge is -2.37. The van der Waals surface area contributed by atoms with Crippen molar-refractivity contribution in [3.05, 3.63) is 35.5 Å². The molecule has 0 N–H and O–H groups in total. The Hall–Kier alpha value is -2.31. The number of benzene rings is 1. The van der Waals surface area contributed by atoms with Crippen LogP contribution in [-0.2, 0) is 10.9 Å². The van der Waals surface area contributed by atoms with E-state index in [2.05, 4.69) is 18.8 Å². The standard InChI is InChI=1S/C20H23F3N2O2/c1-4-27-19(26)14-5-6-16-15(8-14)17(9-18(24-16)20(21,22)23)25-10-12(2)7-13(3)11-25/h5-6,8-9,12-13H,4,7,10-11H2,1-3H3/t12-,13+. The third-order valence-corrected chi connectivity index (χ3v) is 4.80. The molecule has 0 saturated carbocycles. The van der Waals surface area contributed by atoms with Crippen LogP contribution in [0.15, 0.2) is 24.3 Å². The molecule has 1 aliphatic heterocycles. The van der Waals surface area contributed by atoms with E-state index in [1.54, 1.807) is 13.0 Å². The van der Waals surface area contributed by atoms with Crippen molar-refractivity contribution >= 4 is 22.6 Å². The third kappa shape index (κ3) is 4.17. The third-order valence-electron chi connectivity index (χ3n) is 4.80. The van der Waals surface area contributed by atoms with Crippen LogP contribution in [0.1, 0.15) is 43.2 Å². The molecule has 7 heteroatoms. The fourth-order valence-electron chi connectivity index (χ4n) is 3.82. The van der Waals surface area contributed by atoms with Gasteiger partial charge in [0, 0.05) is 24.2 Å². The second-order valence-electron chi connectivity index (χ2n) is 7.33. The number of esters is 1. The molecular formula is C20H23F3N2O2. The number of piperidine rings is 1. The van der Waals surface area contributed by atoms with E-state index in [0.717, 1.165) is 12.5 Å². The summed E-state index contributed by atoms with van der Waals surface area (Å²) in [6.45, 7) is 7.48. The van der Waals surface area contributed by atoms with E-state index in [9.17, 15) is 18.0 Å². The Morgan fingerprint density at radius 2 is 1.89 bits per heavy atom. The Morgan fingerprint density at radius 1 is 1.22 bits per heavy atom. The first kappa shape index (κ1) is 19.5. The number of hydrogen-bond acceptors (Lipinski definition) is 4. The van der Waals surface area contributed by atoms with Crippen molar-refractivity contribution in [3.63, 3.8) is 0 Å².